The Kier molecular flexibility index (Phi) is 3.91. The number of rotatable bonds is 5. The second kappa shape index (κ2) is 5.63. The first-order valence-corrected chi connectivity index (χ1v) is 5.76. The van der Waals surface area contributed by atoms with E-state index in [0.717, 1.165) is 25.2 Å². The van der Waals surface area contributed by atoms with E-state index in [-0.39, 0.29) is 0 Å². The lowest BCUT2D eigenvalue weighted by molar-refractivity contribution is 0.681. The molecule has 0 aliphatic rings. The van der Waals surface area contributed by atoms with Crippen LogP contribution in [0.3, 0.4) is 0 Å². The van der Waals surface area contributed by atoms with Crippen LogP contribution in [-0.4, -0.2) is 16.5 Å². The fourth-order valence-electron chi connectivity index (χ4n) is 1.56. The number of imidazole rings is 1. The number of H-pyrrole nitrogens is 2. The van der Waals surface area contributed by atoms with Gasteiger partial charge in [-0.2, -0.15) is 0 Å². The van der Waals surface area contributed by atoms with Crippen molar-refractivity contribution in [1.29, 1.82) is 0 Å². The van der Waals surface area contributed by atoms with Gasteiger partial charge in [0.05, 0.1) is 0 Å². The summed E-state index contributed by atoms with van der Waals surface area (Å²) in [5.74, 6) is 0. The Balaban J connectivity index is 1.71. The molecule has 1 heterocycles. The number of aromatic amines is 2. The molecule has 0 unspecified atom stereocenters. The van der Waals surface area contributed by atoms with Gasteiger partial charge in [-0.15, -0.1) is 0 Å². The van der Waals surface area contributed by atoms with E-state index in [1.54, 1.807) is 0 Å². The third-order valence-corrected chi connectivity index (χ3v) is 2.61. The second-order valence-corrected chi connectivity index (χ2v) is 4.09. The van der Waals surface area contributed by atoms with E-state index in [9.17, 15) is 0 Å². The average molecular weight is 233 g/mol. The van der Waals surface area contributed by atoms with Crippen LogP contribution < -0.4 is 5.32 Å². The minimum absolute atomic E-state index is 0.693. The monoisotopic (exact) mass is 233 g/mol. The summed E-state index contributed by atoms with van der Waals surface area (Å²) in [6, 6.07) is 10.4. The van der Waals surface area contributed by atoms with Crippen molar-refractivity contribution < 1.29 is 0 Å². The van der Waals surface area contributed by atoms with Gasteiger partial charge in [-0.3, -0.25) is 0 Å². The van der Waals surface area contributed by atoms with Crippen LogP contribution in [0.1, 0.15) is 11.3 Å². The zero-order chi connectivity index (χ0) is 11.2. The highest BCUT2D eigenvalue weighted by Gasteiger charge is 1.94. The second-order valence-electron chi connectivity index (χ2n) is 3.68. The van der Waals surface area contributed by atoms with E-state index in [1.165, 1.54) is 5.56 Å². The quantitative estimate of drug-likeness (QED) is 0.548. The summed E-state index contributed by atoms with van der Waals surface area (Å²) in [4.78, 5) is 6.05. The van der Waals surface area contributed by atoms with Crippen LogP contribution in [-0.2, 0) is 13.0 Å². The Bertz CT molecular complexity index is 472. The summed E-state index contributed by atoms with van der Waals surface area (Å²) in [6.45, 7) is 1.85. The molecule has 3 N–H and O–H groups in total. The highest BCUT2D eigenvalue weighted by atomic mass is 32.1. The number of aromatic nitrogens is 2. The highest BCUT2D eigenvalue weighted by molar-refractivity contribution is 7.71. The maximum Gasteiger partial charge on any atom is 0.174 e. The van der Waals surface area contributed by atoms with Gasteiger partial charge in [0, 0.05) is 31.4 Å². The third kappa shape index (κ3) is 3.32. The Morgan fingerprint density at radius 3 is 2.69 bits per heavy atom. The summed E-state index contributed by atoms with van der Waals surface area (Å²) in [5.41, 5.74) is 2.45. The van der Waals surface area contributed by atoms with E-state index < -0.39 is 0 Å². The molecule has 0 amide bonds. The number of benzene rings is 1. The first-order valence-electron chi connectivity index (χ1n) is 5.36. The molecular formula is C12H15N3S. The molecule has 0 atom stereocenters. The standard InChI is InChI=1S/C12H15N3S/c16-12-14-9-11(15-12)6-7-13-8-10-4-2-1-3-5-10/h1-5,9,13H,6-8H2,(H2,14,15,16). The number of hydrogen-bond acceptors (Lipinski definition) is 2. The van der Waals surface area contributed by atoms with Crippen molar-refractivity contribution in [3.8, 4) is 0 Å². The zero-order valence-electron chi connectivity index (χ0n) is 8.99. The minimum atomic E-state index is 0.693. The van der Waals surface area contributed by atoms with Crippen LogP contribution in [0, 0.1) is 4.77 Å². The predicted molar refractivity (Wildman–Crippen MR) is 67.8 cm³/mol. The first kappa shape index (κ1) is 11.1. The molecular weight excluding hydrogens is 218 g/mol. The number of nitrogens with one attached hydrogen (secondary N) is 3. The highest BCUT2D eigenvalue weighted by Crippen LogP contribution is 1.98. The third-order valence-electron chi connectivity index (χ3n) is 2.39. The van der Waals surface area contributed by atoms with E-state index in [1.807, 2.05) is 12.3 Å². The molecule has 4 heteroatoms. The van der Waals surface area contributed by atoms with Gasteiger partial charge in [0.15, 0.2) is 4.77 Å². The Morgan fingerprint density at radius 2 is 2.00 bits per heavy atom. The molecule has 2 aromatic rings. The van der Waals surface area contributed by atoms with Gasteiger partial charge in [-0.05, 0) is 17.8 Å². The summed E-state index contributed by atoms with van der Waals surface area (Å²) in [7, 11) is 0. The van der Waals surface area contributed by atoms with Crippen LogP contribution in [0.2, 0.25) is 0 Å². The van der Waals surface area contributed by atoms with Crippen LogP contribution in [0.25, 0.3) is 0 Å². The largest absolute Gasteiger partial charge is 0.337 e. The van der Waals surface area contributed by atoms with Gasteiger partial charge < -0.3 is 15.3 Å². The molecule has 0 fully saturated rings. The molecule has 0 bridgehead atoms. The molecule has 3 nitrogen and oxygen atoms in total. The lowest BCUT2D eigenvalue weighted by atomic mass is 10.2. The van der Waals surface area contributed by atoms with Gasteiger partial charge in [-0.25, -0.2) is 0 Å². The van der Waals surface area contributed by atoms with Crippen LogP contribution in [0.5, 0.6) is 0 Å². The molecule has 0 saturated heterocycles. The normalized spacial score (nSPS) is 10.5. The van der Waals surface area contributed by atoms with E-state index in [4.69, 9.17) is 12.2 Å². The van der Waals surface area contributed by atoms with Gasteiger partial charge in [0.2, 0.25) is 0 Å². The van der Waals surface area contributed by atoms with Crippen molar-refractivity contribution in [2.75, 3.05) is 6.54 Å². The maximum absolute atomic E-state index is 4.96. The first-order chi connectivity index (χ1) is 7.84. The Labute approximate surface area is 99.9 Å². The van der Waals surface area contributed by atoms with Crippen LogP contribution >= 0.6 is 12.2 Å². The molecule has 1 aromatic heterocycles. The van der Waals surface area contributed by atoms with Gasteiger partial charge in [-0.1, -0.05) is 30.3 Å². The molecule has 0 radical (unpaired) electrons. The van der Waals surface area contributed by atoms with E-state index in [2.05, 4.69) is 39.6 Å². The van der Waals surface area contributed by atoms with Crippen LogP contribution in [0.15, 0.2) is 36.5 Å². The summed E-state index contributed by atoms with van der Waals surface area (Å²) in [5, 5.41) is 3.39. The zero-order valence-corrected chi connectivity index (χ0v) is 9.81. The molecule has 16 heavy (non-hydrogen) atoms. The number of hydrogen-bond donors (Lipinski definition) is 3. The molecule has 0 saturated carbocycles. The van der Waals surface area contributed by atoms with Gasteiger partial charge in [0.1, 0.15) is 0 Å². The maximum atomic E-state index is 4.96. The smallest absolute Gasteiger partial charge is 0.174 e. The summed E-state index contributed by atoms with van der Waals surface area (Å²) >= 11 is 4.96. The SMILES string of the molecule is S=c1[nH]cc(CCNCc2ccccc2)[nH]1. The topological polar surface area (TPSA) is 43.6 Å². The molecule has 2 rings (SSSR count). The summed E-state index contributed by atoms with van der Waals surface area (Å²) < 4.78 is 0.693. The molecule has 0 aliphatic carbocycles. The lowest BCUT2D eigenvalue weighted by Gasteiger charge is -2.03. The van der Waals surface area contributed by atoms with Gasteiger partial charge in [0.25, 0.3) is 0 Å². The average Bonchev–Trinajstić information content (AvgIpc) is 2.72. The molecule has 84 valence electrons. The molecule has 0 aliphatic heterocycles. The van der Waals surface area contributed by atoms with Crippen molar-refractivity contribution in [3.05, 3.63) is 52.6 Å². The Hall–Kier alpha value is -1.39. The molecule has 0 spiro atoms. The van der Waals surface area contributed by atoms with Crippen LogP contribution in [0.4, 0.5) is 0 Å². The fraction of sp³-hybridized carbons (Fsp3) is 0.250. The summed E-state index contributed by atoms with van der Waals surface area (Å²) in [6.07, 6.45) is 2.88. The van der Waals surface area contributed by atoms with Gasteiger partial charge >= 0.3 is 0 Å². The minimum Gasteiger partial charge on any atom is -0.337 e. The molecule has 1 aromatic carbocycles. The fourth-order valence-corrected chi connectivity index (χ4v) is 1.75. The lowest BCUT2D eigenvalue weighted by Crippen LogP contribution is -2.16. The van der Waals surface area contributed by atoms with E-state index >= 15 is 0 Å². The van der Waals surface area contributed by atoms with E-state index in [0.29, 0.717) is 4.77 Å². The van der Waals surface area contributed by atoms with Crippen molar-refractivity contribution in [2.24, 2.45) is 0 Å². The van der Waals surface area contributed by atoms with Crippen molar-refractivity contribution in [3.63, 3.8) is 0 Å². The predicted octanol–water partition coefficient (Wildman–Crippen LogP) is 2.40. The Morgan fingerprint density at radius 1 is 1.19 bits per heavy atom. The van der Waals surface area contributed by atoms with Crippen molar-refractivity contribution >= 4 is 12.2 Å². The van der Waals surface area contributed by atoms with Crippen molar-refractivity contribution in [1.82, 2.24) is 15.3 Å². The van der Waals surface area contributed by atoms with Crippen molar-refractivity contribution in [2.45, 2.75) is 13.0 Å².